The van der Waals surface area contributed by atoms with Crippen LogP contribution in [0, 0.1) is 5.82 Å². The molecule has 3 nitrogen and oxygen atoms in total. The Balaban J connectivity index is 1.85. The molecule has 0 amide bonds. The van der Waals surface area contributed by atoms with Crippen molar-refractivity contribution in [3.63, 3.8) is 0 Å². The number of ether oxygens (including phenoxy) is 1. The quantitative estimate of drug-likeness (QED) is 0.753. The van der Waals surface area contributed by atoms with Gasteiger partial charge in [0.15, 0.2) is 5.78 Å². The summed E-state index contributed by atoms with van der Waals surface area (Å²) < 4.78 is 19.0. The van der Waals surface area contributed by atoms with E-state index in [0.717, 1.165) is 19.6 Å². The minimum Gasteiger partial charge on any atom is -0.492 e. The summed E-state index contributed by atoms with van der Waals surface area (Å²) in [4.78, 5) is 13.4. The minimum absolute atomic E-state index is 0.113. The van der Waals surface area contributed by atoms with Crippen molar-refractivity contribution in [3.05, 3.63) is 29.6 Å². The van der Waals surface area contributed by atoms with Crippen LogP contribution in [0.3, 0.4) is 0 Å². The van der Waals surface area contributed by atoms with Gasteiger partial charge in [-0.3, -0.25) is 9.69 Å². The molecular weight excluding hydrogens is 233 g/mol. The van der Waals surface area contributed by atoms with E-state index in [1.54, 1.807) is 6.07 Å². The molecule has 0 spiro atoms. The van der Waals surface area contributed by atoms with E-state index in [4.69, 9.17) is 4.74 Å². The van der Waals surface area contributed by atoms with Gasteiger partial charge < -0.3 is 4.74 Å². The van der Waals surface area contributed by atoms with Gasteiger partial charge in [-0.15, -0.1) is 0 Å². The summed E-state index contributed by atoms with van der Waals surface area (Å²) in [5.74, 6) is -0.297. The number of ketones is 1. The monoisotopic (exact) mass is 251 g/mol. The molecule has 1 saturated heterocycles. The molecule has 1 heterocycles. The normalized spacial score (nSPS) is 15.9. The summed E-state index contributed by atoms with van der Waals surface area (Å²) in [7, 11) is 0. The number of hydrogen-bond donors (Lipinski definition) is 0. The first kappa shape index (κ1) is 13.0. The van der Waals surface area contributed by atoms with E-state index < -0.39 is 5.82 Å². The molecular formula is C14H18FNO2. The van der Waals surface area contributed by atoms with E-state index in [2.05, 4.69) is 4.90 Å². The highest BCUT2D eigenvalue weighted by Gasteiger charge is 2.11. The number of hydrogen-bond acceptors (Lipinski definition) is 3. The summed E-state index contributed by atoms with van der Waals surface area (Å²) in [5.41, 5.74) is 0.113. The Bertz CT molecular complexity index is 428. The SMILES string of the molecule is CC(=O)c1ccc(OCCN2CCCC2)cc1F. The molecule has 0 aromatic heterocycles. The van der Waals surface area contributed by atoms with Crippen LogP contribution in [0.2, 0.25) is 0 Å². The molecule has 1 aromatic rings. The van der Waals surface area contributed by atoms with Gasteiger partial charge in [0.2, 0.25) is 0 Å². The minimum atomic E-state index is -0.513. The van der Waals surface area contributed by atoms with Crippen LogP contribution >= 0.6 is 0 Å². The molecule has 0 radical (unpaired) electrons. The zero-order chi connectivity index (χ0) is 13.0. The Labute approximate surface area is 107 Å². The lowest BCUT2D eigenvalue weighted by atomic mass is 10.1. The molecule has 0 atom stereocenters. The molecule has 0 unspecified atom stereocenters. The first-order valence-electron chi connectivity index (χ1n) is 6.32. The second-order valence-corrected chi connectivity index (χ2v) is 4.60. The van der Waals surface area contributed by atoms with E-state index in [0.29, 0.717) is 12.4 Å². The van der Waals surface area contributed by atoms with Gasteiger partial charge in [0, 0.05) is 12.6 Å². The average Bonchev–Trinajstić information content (AvgIpc) is 2.81. The number of nitrogens with zero attached hydrogens (tertiary/aromatic N) is 1. The molecule has 4 heteroatoms. The zero-order valence-electron chi connectivity index (χ0n) is 10.6. The third-order valence-corrected chi connectivity index (χ3v) is 3.19. The summed E-state index contributed by atoms with van der Waals surface area (Å²) in [6, 6.07) is 4.40. The van der Waals surface area contributed by atoms with Crippen LogP contribution in [0.15, 0.2) is 18.2 Å². The van der Waals surface area contributed by atoms with Crippen molar-refractivity contribution in [2.45, 2.75) is 19.8 Å². The van der Waals surface area contributed by atoms with Crippen LogP contribution in [0.4, 0.5) is 4.39 Å². The maximum Gasteiger partial charge on any atom is 0.162 e. The second-order valence-electron chi connectivity index (χ2n) is 4.60. The molecule has 1 aliphatic rings. The molecule has 1 fully saturated rings. The fourth-order valence-electron chi connectivity index (χ4n) is 2.17. The van der Waals surface area contributed by atoms with Gasteiger partial charge in [-0.1, -0.05) is 0 Å². The largest absolute Gasteiger partial charge is 0.492 e. The molecule has 18 heavy (non-hydrogen) atoms. The van der Waals surface area contributed by atoms with E-state index >= 15 is 0 Å². The van der Waals surface area contributed by atoms with Crippen molar-refractivity contribution < 1.29 is 13.9 Å². The number of carbonyl (C=O) groups is 1. The number of benzene rings is 1. The summed E-state index contributed by atoms with van der Waals surface area (Å²) in [5, 5.41) is 0. The van der Waals surface area contributed by atoms with Crippen LogP contribution < -0.4 is 4.74 Å². The molecule has 0 N–H and O–H groups in total. The summed E-state index contributed by atoms with van der Waals surface area (Å²) in [6.07, 6.45) is 2.50. The van der Waals surface area contributed by atoms with Crippen molar-refractivity contribution in [2.24, 2.45) is 0 Å². The molecule has 1 aliphatic heterocycles. The predicted molar refractivity (Wildman–Crippen MR) is 67.6 cm³/mol. The van der Waals surface area contributed by atoms with Crippen molar-refractivity contribution in [1.82, 2.24) is 4.90 Å². The van der Waals surface area contributed by atoms with Crippen molar-refractivity contribution in [3.8, 4) is 5.75 Å². The summed E-state index contributed by atoms with van der Waals surface area (Å²) >= 11 is 0. The van der Waals surface area contributed by atoms with Gasteiger partial charge in [-0.2, -0.15) is 0 Å². The number of Topliss-reactive ketones (excluding diaryl/α,β-unsaturated/α-hetero) is 1. The first-order chi connectivity index (χ1) is 8.66. The number of carbonyl (C=O) groups excluding carboxylic acids is 1. The smallest absolute Gasteiger partial charge is 0.162 e. The maximum atomic E-state index is 13.5. The Morgan fingerprint density at radius 2 is 2.11 bits per heavy atom. The van der Waals surface area contributed by atoms with E-state index in [9.17, 15) is 9.18 Å². The van der Waals surface area contributed by atoms with Gasteiger partial charge >= 0.3 is 0 Å². The lowest BCUT2D eigenvalue weighted by Gasteiger charge is -2.15. The van der Waals surface area contributed by atoms with Gasteiger partial charge in [-0.05, 0) is 45.0 Å². The summed E-state index contributed by atoms with van der Waals surface area (Å²) in [6.45, 7) is 5.03. The number of rotatable bonds is 5. The first-order valence-corrected chi connectivity index (χ1v) is 6.32. The Hall–Kier alpha value is -1.42. The third-order valence-electron chi connectivity index (χ3n) is 3.19. The topological polar surface area (TPSA) is 29.5 Å². The van der Waals surface area contributed by atoms with Crippen LogP contribution in [0.1, 0.15) is 30.1 Å². The second kappa shape index (κ2) is 5.96. The van der Waals surface area contributed by atoms with Crippen LogP contribution in [-0.4, -0.2) is 36.9 Å². The lowest BCUT2D eigenvalue weighted by Crippen LogP contribution is -2.25. The molecule has 0 saturated carbocycles. The highest BCUT2D eigenvalue weighted by Crippen LogP contribution is 2.17. The van der Waals surface area contributed by atoms with E-state index in [1.165, 1.54) is 31.9 Å². The average molecular weight is 251 g/mol. The maximum absolute atomic E-state index is 13.5. The number of halogens is 1. The van der Waals surface area contributed by atoms with Crippen molar-refractivity contribution in [2.75, 3.05) is 26.2 Å². The van der Waals surface area contributed by atoms with Crippen LogP contribution in [0.5, 0.6) is 5.75 Å². The Morgan fingerprint density at radius 1 is 1.39 bits per heavy atom. The van der Waals surface area contributed by atoms with Crippen LogP contribution in [0.25, 0.3) is 0 Å². The number of likely N-dealkylation sites (tertiary alicyclic amines) is 1. The van der Waals surface area contributed by atoms with Gasteiger partial charge in [0.1, 0.15) is 18.2 Å². The van der Waals surface area contributed by atoms with E-state index in [1.807, 2.05) is 0 Å². The highest BCUT2D eigenvalue weighted by molar-refractivity contribution is 5.94. The molecule has 0 bridgehead atoms. The standard InChI is InChI=1S/C14H18FNO2/c1-11(17)13-5-4-12(10-14(13)15)18-9-8-16-6-2-3-7-16/h4-5,10H,2-3,6-9H2,1H3. The van der Waals surface area contributed by atoms with Crippen LogP contribution in [-0.2, 0) is 0 Å². The molecule has 98 valence electrons. The van der Waals surface area contributed by atoms with Crippen molar-refractivity contribution in [1.29, 1.82) is 0 Å². The van der Waals surface area contributed by atoms with Gasteiger partial charge in [0.05, 0.1) is 5.56 Å². The fraction of sp³-hybridized carbons (Fsp3) is 0.500. The molecule has 2 rings (SSSR count). The molecule has 1 aromatic carbocycles. The Morgan fingerprint density at radius 3 is 2.72 bits per heavy atom. The highest BCUT2D eigenvalue weighted by atomic mass is 19.1. The molecule has 0 aliphatic carbocycles. The fourth-order valence-corrected chi connectivity index (χ4v) is 2.17. The van der Waals surface area contributed by atoms with Gasteiger partial charge in [-0.25, -0.2) is 4.39 Å². The van der Waals surface area contributed by atoms with Gasteiger partial charge in [0.25, 0.3) is 0 Å². The van der Waals surface area contributed by atoms with Crippen molar-refractivity contribution >= 4 is 5.78 Å². The predicted octanol–water partition coefficient (Wildman–Crippen LogP) is 2.50. The zero-order valence-corrected chi connectivity index (χ0v) is 10.6. The Kier molecular flexibility index (Phi) is 4.31. The third kappa shape index (κ3) is 3.29. The van der Waals surface area contributed by atoms with E-state index in [-0.39, 0.29) is 11.3 Å². The lowest BCUT2D eigenvalue weighted by molar-refractivity contribution is 0.101.